The molecular weight excluding hydrogens is 249 g/mol. The van der Waals surface area contributed by atoms with Crippen molar-refractivity contribution in [2.75, 3.05) is 6.54 Å². The predicted molar refractivity (Wildman–Crippen MR) is 74.4 cm³/mol. The number of halogens is 2. The molecule has 1 aromatic carbocycles. The molecule has 0 aromatic heterocycles. The van der Waals surface area contributed by atoms with Crippen LogP contribution in [0.1, 0.15) is 50.6 Å². The zero-order valence-corrected chi connectivity index (χ0v) is 11.6. The number of rotatable bonds is 4. The Morgan fingerprint density at radius 2 is 2.06 bits per heavy atom. The molecule has 1 aliphatic rings. The normalized spacial score (nSPS) is 18.8. The molecule has 0 spiro atoms. The lowest BCUT2D eigenvalue weighted by molar-refractivity contribution is 0.270. The molecule has 1 N–H and O–H groups in total. The van der Waals surface area contributed by atoms with Crippen molar-refractivity contribution in [2.45, 2.75) is 45.1 Å². The third kappa shape index (κ3) is 3.24. The molecule has 2 rings (SSSR count). The minimum Gasteiger partial charge on any atom is -0.310 e. The highest BCUT2D eigenvalue weighted by molar-refractivity contribution is 6.30. The van der Waals surface area contributed by atoms with Crippen LogP contribution >= 0.6 is 11.6 Å². The van der Waals surface area contributed by atoms with Crippen LogP contribution in [0.5, 0.6) is 0 Å². The smallest absolute Gasteiger partial charge is 0.128 e. The molecule has 100 valence electrons. The van der Waals surface area contributed by atoms with E-state index in [2.05, 4.69) is 12.2 Å². The molecule has 1 aliphatic carbocycles. The summed E-state index contributed by atoms with van der Waals surface area (Å²) in [5.41, 5.74) is 0.733. The number of benzene rings is 1. The van der Waals surface area contributed by atoms with Gasteiger partial charge in [-0.3, -0.25) is 0 Å². The van der Waals surface area contributed by atoms with Gasteiger partial charge in [-0.15, -0.1) is 0 Å². The van der Waals surface area contributed by atoms with E-state index in [1.807, 2.05) is 0 Å². The zero-order chi connectivity index (χ0) is 13.0. The van der Waals surface area contributed by atoms with Gasteiger partial charge in [-0.25, -0.2) is 4.39 Å². The molecule has 1 fully saturated rings. The highest BCUT2D eigenvalue weighted by atomic mass is 35.5. The summed E-state index contributed by atoms with van der Waals surface area (Å²) in [4.78, 5) is 0. The fourth-order valence-electron chi connectivity index (χ4n) is 2.97. The first-order valence-electron chi connectivity index (χ1n) is 6.90. The van der Waals surface area contributed by atoms with Crippen molar-refractivity contribution in [1.29, 1.82) is 0 Å². The van der Waals surface area contributed by atoms with E-state index >= 15 is 0 Å². The summed E-state index contributed by atoms with van der Waals surface area (Å²) >= 11 is 6.01. The Hall–Kier alpha value is -0.600. The van der Waals surface area contributed by atoms with Gasteiger partial charge in [0.15, 0.2) is 0 Å². The van der Waals surface area contributed by atoms with Gasteiger partial charge < -0.3 is 5.32 Å². The van der Waals surface area contributed by atoms with Crippen LogP contribution in [0.4, 0.5) is 4.39 Å². The summed E-state index contributed by atoms with van der Waals surface area (Å²) in [6.45, 7) is 2.92. The van der Waals surface area contributed by atoms with Crippen molar-refractivity contribution in [3.05, 3.63) is 34.6 Å². The minimum absolute atomic E-state index is 0.106. The van der Waals surface area contributed by atoms with Crippen molar-refractivity contribution in [3.8, 4) is 0 Å². The van der Waals surface area contributed by atoms with Crippen LogP contribution in [0.15, 0.2) is 18.2 Å². The molecule has 1 saturated carbocycles. The molecule has 18 heavy (non-hydrogen) atoms. The first kappa shape index (κ1) is 13.8. The lowest BCUT2D eigenvalue weighted by Crippen LogP contribution is -2.30. The molecule has 0 aliphatic heterocycles. The Morgan fingerprint density at radius 1 is 1.33 bits per heavy atom. The lowest BCUT2D eigenvalue weighted by atomic mass is 9.81. The van der Waals surface area contributed by atoms with Crippen LogP contribution in [0.25, 0.3) is 0 Å². The predicted octanol–water partition coefficient (Wildman–Crippen LogP) is 4.71. The summed E-state index contributed by atoms with van der Waals surface area (Å²) < 4.78 is 14.0. The van der Waals surface area contributed by atoms with E-state index in [1.54, 1.807) is 12.1 Å². The van der Waals surface area contributed by atoms with Gasteiger partial charge in [0, 0.05) is 16.6 Å². The molecule has 1 aromatic rings. The number of nitrogens with one attached hydrogen (secondary N) is 1. The van der Waals surface area contributed by atoms with E-state index in [1.165, 1.54) is 38.2 Å². The molecule has 0 saturated heterocycles. The van der Waals surface area contributed by atoms with Crippen LogP contribution < -0.4 is 5.32 Å². The molecule has 0 bridgehead atoms. The average Bonchev–Trinajstić information content (AvgIpc) is 2.40. The van der Waals surface area contributed by atoms with Crippen molar-refractivity contribution in [1.82, 2.24) is 5.32 Å². The first-order chi connectivity index (χ1) is 8.72. The summed E-state index contributed by atoms with van der Waals surface area (Å²) in [5.74, 6) is 0.391. The highest BCUT2D eigenvalue weighted by Crippen LogP contribution is 2.36. The van der Waals surface area contributed by atoms with Crippen molar-refractivity contribution >= 4 is 11.6 Å². The van der Waals surface area contributed by atoms with Crippen molar-refractivity contribution < 1.29 is 4.39 Å². The monoisotopic (exact) mass is 269 g/mol. The maximum absolute atomic E-state index is 14.0. The molecule has 3 heteroatoms. The summed E-state index contributed by atoms with van der Waals surface area (Å²) in [7, 11) is 0. The van der Waals surface area contributed by atoms with Gasteiger partial charge in [0.2, 0.25) is 0 Å². The van der Waals surface area contributed by atoms with E-state index in [0.29, 0.717) is 10.9 Å². The van der Waals surface area contributed by atoms with Gasteiger partial charge in [-0.1, -0.05) is 37.8 Å². The Balaban J connectivity index is 2.24. The highest BCUT2D eigenvalue weighted by Gasteiger charge is 2.26. The molecule has 1 atom stereocenters. The molecule has 1 unspecified atom stereocenters. The average molecular weight is 270 g/mol. The second-order valence-electron chi connectivity index (χ2n) is 5.10. The van der Waals surface area contributed by atoms with Gasteiger partial charge in [0.25, 0.3) is 0 Å². The van der Waals surface area contributed by atoms with Gasteiger partial charge in [-0.05, 0) is 43.5 Å². The molecule has 0 heterocycles. The zero-order valence-electron chi connectivity index (χ0n) is 10.9. The van der Waals surface area contributed by atoms with Crippen LogP contribution in [-0.2, 0) is 0 Å². The van der Waals surface area contributed by atoms with Gasteiger partial charge in [0.05, 0.1) is 0 Å². The second kappa shape index (κ2) is 6.53. The molecule has 0 radical (unpaired) electrons. The lowest BCUT2D eigenvalue weighted by Gasteiger charge is -2.31. The second-order valence-corrected chi connectivity index (χ2v) is 5.54. The van der Waals surface area contributed by atoms with E-state index in [9.17, 15) is 4.39 Å². The topological polar surface area (TPSA) is 12.0 Å². The van der Waals surface area contributed by atoms with Crippen LogP contribution in [0, 0.1) is 11.7 Å². The Kier molecular flexibility index (Phi) is 5.02. The minimum atomic E-state index is -0.143. The Morgan fingerprint density at radius 3 is 2.72 bits per heavy atom. The third-order valence-electron chi connectivity index (χ3n) is 3.84. The van der Waals surface area contributed by atoms with Crippen LogP contribution in [-0.4, -0.2) is 6.54 Å². The SMILES string of the molecule is CCNC(c1cc(Cl)ccc1F)C1CCCCC1. The van der Waals surface area contributed by atoms with E-state index in [0.717, 1.165) is 12.1 Å². The van der Waals surface area contributed by atoms with Gasteiger partial charge in [-0.2, -0.15) is 0 Å². The third-order valence-corrected chi connectivity index (χ3v) is 4.07. The first-order valence-corrected chi connectivity index (χ1v) is 7.28. The molecule has 1 nitrogen and oxygen atoms in total. The maximum atomic E-state index is 14.0. The van der Waals surface area contributed by atoms with Crippen molar-refractivity contribution in [3.63, 3.8) is 0 Å². The maximum Gasteiger partial charge on any atom is 0.128 e. The molecular formula is C15H21ClFN. The van der Waals surface area contributed by atoms with E-state index in [-0.39, 0.29) is 11.9 Å². The fraction of sp³-hybridized carbons (Fsp3) is 0.600. The van der Waals surface area contributed by atoms with Crippen molar-refractivity contribution in [2.24, 2.45) is 5.92 Å². The quantitative estimate of drug-likeness (QED) is 0.835. The Bertz CT molecular complexity index is 388. The Labute approximate surface area is 114 Å². The summed E-state index contributed by atoms with van der Waals surface area (Å²) in [5, 5.41) is 4.05. The summed E-state index contributed by atoms with van der Waals surface area (Å²) in [6.07, 6.45) is 6.20. The standard InChI is InChI=1S/C15H21ClFN/c1-2-18-15(11-6-4-3-5-7-11)13-10-12(16)8-9-14(13)17/h8-11,15,18H,2-7H2,1H3. The van der Waals surface area contributed by atoms with E-state index in [4.69, 9.17) is 11.6 Å². The number of hydrogen-bond donors (Lipinski definition) is 1. The molecule has 0 amide bonds. The van der Waals surface area contributed by atoms with Crippen LogP contribution in [0.2, 0.25) is 5.02 Å². The number of hydrogen-bond acceptors (Lipinski definition) is 1. The largest absolute Gasteiger partial charge is 0.310 e. The summed E-state index contributed by atoms with van der Waals surface area (Å²) in [6, 6.07) is 4.97. The van der Waals surface area contributed by atoms with E-state index < -0.39 is 0 Å². The van der Waals surface area contributed by atoms with Gasteiger partial charge in [0.1, 0.15) is 5.82 Å². The van der Waals surface area contributed by atoms with Crippen LogP contribution in [0.3, 0.4) is 0 Å². The van der Waals surface area contributed by atoms with Gasteiger partial charge >= 0.3 is 0 Å². The fourth-order valence-corrected chi connectivity index (χ4v) is 3.15.